The number of piperidine rings is 1. The lowest BCUT2D eigenvalue weighted by Crippen LogP contribution is -2.37. The van der Waals surface area contributed by atoms with E-state index in [9.17, 15) is 4.79 Å². The Morgan fingerprint density at radius 3 is 2.32 bits per heavy atom. The van der Waals surface area contributed by atoms with Crippen LogP contribution in [-0.2, 0) is 11.2 Å². The zero-order valence-electron chi connectivity index (χ0n) is 12.1. The van der Waals surface area contributed by atoms with E-state index in [2.05, 4.69) is 36.1 Å². The number of aryl methyl sites for hydroxylation is 1. The first kappa shape index (κ1) is 14.3. The molecule has 2 heteroatoms. The second kappa shape index (κ2) is 6.85. The van der Waals surface area contributed by atoms with Crippen LogP contribution in [0.25, 0.3) is 0 Å². The third-order valence-electron chi connectivity index (χ3n) is 4.23. The van der Waals surface area contributed by atoms with E-state index in [0.29, 0.717) is 0 Å². The van der Waals surface area contributed by atoms with Gasteiger partial charge in [-0.2, -0.15) is 0 Å². The number of nitrogens with zero attached hydrogens (tertiary/aromatic N) is 1. The molecule has 2 unspecified atom stereocenters. The monoisotopic (exact) mass is 259 g/mol. The predicted octanol–water partition coefficient (Wildman–Crippen LogP) is 3.61. The summed E-state index contributed by atoms with van der Waals surface area (Å²) in [5.41, 5.74) is 2.65. The third kappa shape index (κ3) is 3.44. The van der Waals surface area contributed by atoms with Crippen LogP contribution in [0.4, 0.5) is 0 Å². The van der Waals surface area contributed by atoms with Crippen molar-refractivity contribution in [3.63, 3.8) is 0 Å². The Labute approximate surface area is 116 Å². The maximum Gasteiger partial charge on any atom is 0.124 e. The summed E-state index contributed by atoms with van der Waals surface area (Å²) in [6, 6.07) is 9.06. The lowest BCUT2D eigenvalue weighted by Gasteiger charge is -2.36. The highest BCUT2D eigenvalue weighted by atomic mass is 16.1. The molecule has 19 heavy (non-hydrogen) atoms. The highest BCUT2D eigenvalue weighted by Gasteiger charge is 2.26. The minimum absolute atomic E-state index is 0.0607. The molecule has 0 N–H and O–H groups in total. The summed E-state index contributed by atoms with van der Waals surface area (Å²) >= 11 is 0. The van der Waals surface area contributed by atoms with Crippen molar-refractivity contribution < 1.29 is 4.79 Å². The Morgan fingerprint density at radius 1 is 1.16 bits per heavy atom. The summed E-state index contributed by atoms with van der Waals surface area (Å²) in [5, 5.41) is 0. The molecule has 1 aromatic carbocycles. The fraction of sp³-hybridized carbons (Fsp3) is 0.588. The fourth-order valence-electron chi connectivity index (χ4n) is 3.07. The van der Waals surface area contributed by atoms with E-state index in [-0.39, 0.29) is 12.0 Å². The van der Waals surface area contributed by atoms with Gasteiger partial charge in [-0.3, -0.25) is 4.90 Å². The number of carbonyl (C=O) groups excluding carboxylic acids is 1. The van der Waals surface area contributed by atoms with Gasteiger partial charge in [-0.05, 0) is 43.5 Å². The molecule has 0 amide bonds. The molecule has 1 aromatic rings. The van der Waals surface area contributed by atoms with E-state index in [1.807, 2.05) is 6.92 Å². The summed E-state index contributed by atoms with van der Waals surface area (Å²) in [7, 11) is 0. The summed E-state index contributed by atoms with van der Waals surface area (Å²) in [4.78, 5) is 13.7. The van der Waals surface area contributed by atoms with E-state index in [4.69, 9.17) is 0 Å². The van der Waals surface area contributed by atoms with Gasteiger partial charge < -0.3 is 4.79 Å². The SMILES string of the molecule is CCc1ccc(C(C(C)C=O)N2CCCCC2)cc1. The van der Waals surface area contributed by atoms with Crippen LogP contribution in [0.5, 0.6) is 0 Å². The molecule has 0 radical (unpaired) electrons. The number of likely N-dealkylation sites (tertiary alicyclic amines) is 1. The lowest BCUT2D eigenvalue weighted by molar-refractivity contribution is -0.112. The van der Waals surface area contributed by atoms with Crippen molar-refractivity contribution in [2.24, 2.45) is 5.92 Å². The molecule has 1 saturated heterocycles. The minimum atomic E-state index is 0.0607. The number of benzene rings is 1. The van der Waals surface area contributed by atoms with Gasteiger partial charge in [0, 0.05) is 12.0 Å². The standard InChI is InChI=1S/C17H25NO/c1-3-15-7-9-16(10-8-15)17(14(2)13-19)18-11-5-4-6-12-18/h7-10,13-14,17H,3-6,11-12H2,1-2H3. The van der Waals surface area contributed by atoms with Gasteiger partial charge in [-0.1, -0.05) is 44.5 Å². The second-order valence-electron chi connectivity index (χ2n) is 5.63. The van der Waals surface area contributed by atoms with Crippen molar-refractivity contribution in [2.45, 2.75) is 45.6 Å². The molecule has 2 rings (SSSR count). The Balaban J connectivity index is 2.22. The molecule has 1 aliphatic rings. The normalized spacial score (nSPS) is 19.9. The topological polar surface area (TPSA) is 20.3 Å². The summed E-state index contributed by atoms with van der Waals surface area (Å²) in [6.07, 6.45) is 6.02. The van der Waals surface area contributed by atoms with E-state index in [0.717, 1.165) is 25.8 Å². The van der Waals surface area contributed by atoms with Crippen LogP contribution in [0.1, 0.15) is 50.3 Å². The average Bonchev–Trinajstić information content (AvgIpc) is 2.49. The molecule has 1 aliphatic heterocycles. The molecule has 0 aromatic heterocycles. The van der Waals surface area contributed by atoms with Crippen LogP contribution < -0.4 is 0 Å². The van der Waals surface area contributed by atoms with Gasteiger partial charge in [-0.15, -0.1) is 0 Å². The van der Waals surface area contributed by atoms with Gasteiger partial charge >= 0.3 is 0 Å². The van der Waals surface area contributed by atoms with Crippen LogP contribution in [0.15, 0.2) is 24.3 Å². The largest absolute Gasteiger partial charge is 0.303 e. The highest BCUT2D eigenvalue weighted by molar-refractivity contribution is 5.55. The van der Waals surface area contributed by atoms with E-state index in [1.54, 1.807) is 0 Å². The number of rotatable bonds is 5. The van der Waals surface area contributed by atoms with Crippen molar-refractivity contribution in [3.8, 4) is 0 Å². The average molecular weight is 259 g/mol. The molecule has 1 fully saturated rings. The van der Waals surface area contributed by atoms with Gasteiger partial charge in [-0.25, -0.2) is 0 Å². The summed E-state index contributed by atoms with van der Waals surface area (Å²) in [6.45, 7) is 6.46. The summed E-state index contributed by atoms with van der Waals surface area (Å²) in [5.74, 6) is 0.0607. The number of aldehydes is 1. The minimum Gasteiger partial charge on any atom is -0.303 e. The zero-order valence-corrected chi connectivity index (χ0v) is 12.1. The third-order valence-corrected chi connectivity index (χ3v) is 4.23. The molecule has 0 bridgehead atoms. The summed E-state index contributed by atoms with van der Waals surface area (Å²) < 4.78 is 0. The lowest BCUT2D eigenvalue weighted by atomic mass is 9.91. The van der Waals surface area contributed by atoms with Crippen LogP contribution in [0, 0.1) is 5.92 Å². The molecule has 0 saturated carbocycles. The van der Waals surface area contributed by atoms with Gasteiger partial charge in [0.25, 0.3) is 0 Å². The van der Waals surface area contributed by atoms with Crippen LogP contribution in [0.3, 0.4) is 0 Å². The number of hydrogen-bond acceptors (Lipinski definition) is 2. The fourth-order valence-corrected chi connectivity index (χ4v) is 3.07. The second-order valence-corrected chi connectivity index (χ2v) is 5.63. The molecule has 1 heterocycles. The van der Waals surface area contributed by atoms with E-state index < -0.39 is 0 Å². The Bertz CT molecular complexity index is 392. The quantitative estimate of drug-likeness (QED) is 0.753. The Morgan fingerprint density at radius 2 is 1.79 bits per heavy atom. The first-order valence-electron chi connectivity index (χ1n) is 7.54. The van der Waals surface area contributed by atoms with E-state index >= 15 is 0 Å². The van der Waals surface area contributed by atoms with Gasteiger partial charge in [0.05, 0.1) is 0 Å². The van der Waals surface area contributed by atoms with Crippen LogP contribution in [-0.4, -0.2) is 24.3 Å². The van der Waals surface area contributed by atoms with Crippen LogP contribution in [0.2, 0.25) is 0 Å². The zero-order chi connectivity index (χ0) is 13.7. The van der Waals surface area contributed by atoms with Crippen molar-refractivity contribution >= 4 is 6.29 Å². The van der Waals surface area contributed by atoms with Gasteiger partial charge in [0.2, 0.25) is 0 Å². The van der Waals surface area contributed by atoms with Gasteiger partial charge in [0.15, 0.2) is 0 Å². The molecular formula is C17H25NO. The van der Waals surface area contributed by atoms with Crippen LogP contribution >= 0.6 is 0 Å². The molecule has 104 valence electrons. The van der Waals surface area contributed by atoms with Crippen molar-refractivity contribution in [1.29, 1.82) is 0 Å². The Hall–Kier alpha value is -1.15. The van der Waals surface area contributed by atoms with Gasteiger partial charge in [0.1, 0.15) is 6.29 Å². The number of hydrogen-bond donors (Lipinski definition) is 0. The van der Waals surface area contributed by atoms with E-state index in [1.165, 1.54) is 30.4 Å². The van der Waals surface area contributed by atoms with Crippen molar-refractivity contribution in [2.75, 3.05) is 13.1 Å². The first-order chi connectivity index (χ1) is 9.26. The Kier molecular flexibility index (Phi) is 5.15. The maximum absolute atomic E-state index is 11.3. The molecular weight excluding hydrogens is 234 g/mol. The van der Waals surface area contributed by atoms with Crippen molar-refractivity contribution in [3.05, 3.63) is 35.4 Å². The number of carbonyl (C=O) groups is 1. The first-order valence-corrected chi connectivity index (χ1v) is 7.54. The predicted molar refractivity (Wildman–Crippen MR) is 79.2 cm³/mol. The smallest absolute Gasteiger partial charge is 0.124 e. The van der Waals surface area contributed by atoms with Crippen molar-refractivity contribution in [1.82, 2.24) is 4.90 Å². The maximum atomic E-state index is 11.3. The molecule has 0 spiro atoms. The molecule has 2 nitrogen and oxygen atoms in total. The highest BCUT2D eigenvalue weighted by Crippen LogP contribution is 2.30. The molecule has 0 aliphatic carbocycles. The molecule has 2 atom stereocenters.